The van der Waals surface area contributed by atoms with Crippen LogP contribution in [0.1, 0.15) is 42.3 Å². The number of carbonyl (C=O) groups is 2. The second kappa shape index (κ2) is 11.5. The molecule has 9 heteroatoms. The first kappa shape index (κ1) is 24.3. The van der Waals surface area contributed by atoms with Crippen LogP contribution in [0.3, 0.4) is 0 Å². The van der Waals surface area contributed by atoms with Crippen LogP contribution < -0.4 is 5.32 Å². The standard InChI is InChI=1S/C21H23Br2NO6/c1-3-29-18(8-9-25)20(16-10-14(22)11-17(23)19(16)27)30-21(28)24-15-6-4-13(5-7-15)12(2)26/h4-7,10-11,18,20,25,27H,3,8-9H2,1-2H3,(H,24,28)/t18-,20-/m1/s1. The van der Waals surface area contributed by atoms with Gasteiger partial charge in [0.2, 0.25) is 0 Å². The summed E-state index contributed by atoms with van der Waals surface area (Å²) >= 11 is 6.64. The van der Waals surface area contributed by atoms with Gasteiger partial charge in [0, 0.05) is 40.9 Å². The van der Waals surface area contributed by atoms with Gasteiger partial charge < -0.3 is 19.7 Å². The van der Waals surface area contributed by atoms with Crippen LogP contribution in [-0.2, 0) is 9.47 Å². The SMILES string of the molecule is CCO[C@H](CCO)[C@H](OC(=O)Nc1ccc(C(C)=O)cc1)c1cc(Br)cc(Br)c1O. The third-order valence-corrected chi connectivity index (χ3v) is 5.33. The van der Waals surface area contributed by atoms with Crippen LogP contribution in [0.4, 0.5) is 10.5 Å². The smallest absolute Gasteiger partial charge is 0.412 e. The number of nitrogens with one attached hydrogen (secondary N) is 1. The number of anilines is 1. The molecule has 0 radical (unpaired) electrons. The van der Waals surface area contributed by atoms with E-state index in [1.165, 1.54) is 6.92 Å². The van der Waals surface area contributed by atoms with E-state index in [2.05, 4.69) is 37.2 Å². The van der Waals surface area contributed by atoms with E-state index in [0.717, 1.165) is 0 Å². The van der Waals surface area contributed by atoms with Crippen molar-refractivity contribution in [2.45, 2.75) is 32.5 Å². The summed E-state index contributed by atoms with van der Waals surface area (Å²) in [5.74, 6) is -0.173. The number of halogens is 2. The molecule has 0 bridgehead atoms. The first-order chi connectivity index (χ1) is 14.3. The largest absolute Gasteiger partial charge is 0.506 e. The summed E-state index contributed by atoms with van der Waals surface area (Å²) in [5.41, 5.74) is 1.29. The number of carbonyl (C=O) groups excluding carboxylic acids is 2. The lowest BCUT2D eigenvalue weighted by Gasteiger charge is -2.28. The summed E-state index contributed by atoms with van der Waals surface area (Å²) in [4.78, 5) is 24.0. The molecule has 0 saturated heterocycles. The third kappa shape index (κ3) is 6.53. The number of ketones is 1. The zero-order valence-electron chi connectivity index (χ0n) is 16.5. The van der Waals surface area contributed by atoms with Crippen LogP contribution >= 0.6 is 31.9 Å². The molecule has 0 aromatic heterocycles. The minimum absolute atomic E-state index is 0.0801. The van der Waals surface area contributed by atoms with Crippen LogP contribution in [0.15, 0.2) is 45.3 Å². The van der Waals surface area contributed by atoms with Crippen molar-refractivity contribution in [2.24, 2.45) is 0 Å². The van der Waals surface area contributed by atoms with Gasteiger partial charge in [-0.2, -0.15) is 0 Å². The molecule has 2 rings (SSSR count). The highest BCUT2D eigenvalue weighted by molar-refractivity contribution is 9.11. The normalized spacial score (nSPS) is 12.8. The zero-order valence-corrected chi connectivity index (χ0v) is 19.7. The fraction of sp³-hybridized carbons (Fsp3) is 0.333. The Morgan fingerprint density at radius 2 is 1.83 bits per heavy atom. The van der Waals surface area contributed by atoms with Crippen LogP contribution in [0, 0.1) is 0 Å². The van der Waals surface area contributed by atoms with Crippen LogP contribution in [0.5, 0.6) is 5.75 Å². The van der Waals surface area contributed by atoms with Gasteiger partial charge in [-0.25, -0.2) is 4.79 Å². The van der Waals surface area contributed by atoms with E-state index in [1.54, 1.807) is 43.3 Å². The van der Waals surface area contributed by atoms with Crippen molar-refractivity contribution in [1.29, 1.82) is 0 Å². The molecule has 0 heterocycles. The lowest BCUT2D eigenvalue weighted by molar-refractivity contribution is -0.0491. The number of aliphatic hydroxyl groups is 1. The lowest BCUT2D eigenvalue weighted by Crippen LogP contribution is -2.30. The molecule has 2 atom stereocenters. The number of rotatable bonds is 9. The number of aliphatic hydroxyl groups excluding tert-OH is 1. The summed E-state index contributed by atoms with van der Waals surface area (Å²) in [6, 6.07) is 9.67. The Morgan fingerprint density at radius 1 is 1.17 bits per heavy atom. The van der Waals surface area contributed by atoms with E-state index >= 15 is 0 Å². The summed E-state index contributed by atoms with van der Waals surface area (Å²) in [6.07, 6.45) is -2.24. The number of ether oxygens (including phenoxy) is 2. The topological polar surface area (TPSA) is 105 Å². The van der Waals surface area contributed by atoms with E-state index in [0.29, 0.717) is 32.4 Å². The number of benzene rings is 2. The molecule has 162 valence electrons. The maximum Gasteiger partial charge on any atom is 0.412 e. The summed E-state index contributed by atoms with van der Waals surface area (Å²) in [5, 5.41) is 22.6. The van der Waals surface area contributed by atoms with Gasteiger partial charge in [0.1, 0.15) is 11.9 Å². The lowest BCUT2D eigenvalue weighted by atomic mass is 10.0. The van der Waals surface area contributed by atoms with Gasteiger partial charge in [-0.3, -0.25) is 10.1 Å². The minimum atomic E-state index is -0.984. The molecule has 30 heavy (non-hydrogen) atoms. The molecule has 0 spiro atoms. The predicted molar refractivity (Wildman–Crippen MR) is 120 cm³/mol. The molecule has 3 N–H and O–H groups in total. The molecule has 2 aromatic carbocycles. The monoisotopic (exact) mass is 543 g/mol. The molecule has 0 saturated carbocycles. The van der Waals surface area contributed by atoms with Crippen molar-refractivity contribution in [1.82, 2.24) is 0 Å². The highest BCUT2D eigenvalue weighted by Crippen LogP contribution is 2.39. The predicted octanol–water partition coefficient (Wildman–Crippen LogP) is 5.20. The second-order valence-corrected chi connectivity index (χ2v) is 8.19. The van der Waals surface area contributed by atoms with Crippen molar-refractivity contribution in [2.75, 3.05) is 18.5 Å². The summed E-state index contributed by atoms with van der Waals surface area (Å²) in [6.45, 7) is 3.39. The first-order valence-corrected chi connectivity index (χ1v) is 10.8. The molecule has 2 aromatic rings. The number of amides is 1. The van der Waals surface area contributed by atoms with Gasteiger partial charge in [0.15, 0.2) is 11.9 Å². The van der Waals surface area contributed by atoms with Crippen molar-refractivity contribution in [3.8, 4) is 5.75 Å². The van der Waals surface area contributed by atoms with Gasteiger partial charge in [-0.15, -0.1) is 0 Å². The highest BCUT2D eigenvalue weighted by Gasteiger charge is 2.31. The molecule has 1 amide bonds. The van der Waals surface area contributed by atoms with E-state index < -0.39 is 18.3 Å². The zero-order chi connectivity index (χ0) is 22.3. The van der Waals surface area contributed by atoms with Crippen LogP contribution in [0.2, 0.25) is 0 Å². The molecule has 0 aliphatic heterocycles. The van der Waals surface area contributed by atoms with Crippen molar-refractivity contribution in [3.05, 3.63) is 56.5 Å². The summed E-state index contributed by atoms with van der Waals surface area (Å²) < 4.78 is 12.4. The van der Waals surface area contributed by atoms with Gasteiger partial charge in [0.05, 0.1) is 4.47 Å². The Hall–Kier alpha value is -1.94. The maximum absolute atomic E-state index is 12.6. The average molecular weight is 545 g/mol. The first-order valence-electron chi connectivity index (χ1n) is 9.25. The van der Waals surface area contributed by atoms with E-state index in [1.807, 2.05) is 0 Å². The quantitative estimate of drug-likeness (QED) is 0.375. The Morgan fingerprint density at radius 3 is 2.40 bits per heavy atom. The molecular weight excluding hydrogens is 522 g/mol. The fourth-order valence-electron chi connectivity index (χ4n) is 2.86. The fourth-order valence-corrected chi connectivity index (χ4v) is 4.12. The highest BCUT2D eigenvalue weighted by atomic mass is 79.9. The van der Waals surface area contributed by atoms with Gasteiger partial charge in [0.25, 0.3) is 0 Å². The average Bonchev–Trinajstić information content (AvgIpc) is 2.69. The van der Waals surface area contributed by atoms with E-state index in [9.17, 15) is 19.8 Å². The summed E-state index contributed by atoms with van der Waals surface area (Å²) in [7, 11) is 0. The van der Waals surface area contributed by atoms with Gasteiger partial charge in [-0.05, 0) is 66.2 Å². The number of hydrogen-bond donors (Lipinski definition) is 3. The molecule has 0 fully saturated rings. The Kier molecular flexibility index (Phi) is 9.29. The number of aromatic hydroxyl groups is 1. The number of Topliss-reactive ketones (excluding diaryl/α,β-unsaturated/α-hetero) is 1. The van der Waals surface area contributed by atoms with E-state index in [-0.39, 0.29) is 24.6 Å². The molecule has 0 unspecified atom stereocenters. The van der Waals surface area contributed by atoms with Gasteiger partial charge >= 0.3 is 6.09 Å². The maximum atomic E-state index is 12.6. The minimum Gasteiger partial charge on any atom is -0.506 e. The van der Waals surface area contributed by atoms with E-state index in [4.69, 9.17) is 9.47 Å². The molecule has 0 aliphatic rings. The van der Waals surface area contributed by atoms with Crippen molar-refractivity contribution < 1.29 is 29.3 Å². The number of phenols is 1. The van der Waals surface area contributed by atoms with Crippen molar-refractivity contribution >= 4 is 49.4 Å². The molecular formula is C21H23Br2NO6. The van der Waals surface area contributed by atoms with Gasteiger partial charge in [-0.1, -0.05) is 15.9 Å². The molecule has 0 aliphatic carbocycles. The third-order valence-electron chi connectivity index (χ3n) is 4.27. The molecule has 7 nitrogen and oxygen atoms in total. The van der Waals surface area contributed by atoms with Crippen molar-refractivity contribution in [3.63, 3.8) is 0 Å². The number of hydrogen-bond acceptors (Lipinski definition) is 6. The Bertz CT molecular complexity index is 882. The number of phenolic OH excluding ortho intramolecular Hbond substituents is 1. The van der Waals surface area contributed by atoms with Crippen LogP contribution in [0.25, 0.3) is 0 Å². The Labute approximate surface area is 191 Å². The second-order valence-electron chi connectivity index (χ2n) is 6.42. The van der Waals surface area contributed by atoms with Crippen LogP contribution in [-0.4, -0.2) is 41.4 Å². The Balaban J connectivity index is 2.30.